The molecule has 1 aromatic rings. The Kier molecular flexibility index (Phi) is 6.25. The van der Waals surface area contributed by atoms with E-state index in [2.05, 4.69) is 62.3 Å². The minimum Gasteiger partial charge on any atom is -0.310 e. The summed E-state index contributed by atoms with van der Waals surface area (Å²) in [6.07, 6.45) is 5.25. The molecule has 2 rings (SSSR count). The lowest BCUT2D eigenvalue weighted by molar-refractivity contribution is 0.222. The second kappa shape index (κ2) is 7.95. The van der Waals surface area contributed by atoms with Gasteiger partial charge in [0.05, 0.1) is 0 Å². The van der Waals surface area contributed by atoms with Crippen molar-refractivity contribution < 1.29 is 0 Å². The van der Waals surface area contributed by atoms with Crippen LogP contribution in [0.3, 0.4) is 0 Å². The van der Waals surface area contributed by atoms with E-state index in [-0.39, 0.29) is 0 Å². The van der Waals surface area contributed by atoms with E-state index < -0.39 is 0 Å². The van der Waals surface area contributed by atoms with E-state index in [0.29, 0.717) is 6.04 Å². The average Bonchev–Trinajstić information content (AvgIpc) is 3.32. The summed E-state index contributed by atoms with van der Waals surface area (Å²) in [4.78, 5) is 2.55. The molecular formula is C19H32N2. The third-order valence-corrected chi connectivity index (χ3v) is 4.97. The molecule has 2 nitrogen and oxygen atoms in total. The van der Waals surface area contributed by atoms with E-state index in [1.165, 1.54) is 43.4 Å². The molecule has 0 heterocycles. The van der Waals surface area contributed by atoms with Gasteiger partial charge in [-0.25, -0.2) is 0 Å². The van der Waals surface area contributed by atoms with Crippen molar-refractivity contribution in [1.29, 1.82) is 0 Å². The highest BCUT2D eigenvalue weighted by Crippen LogP contribution is 2.35. The molecule has 0 aliphatic heterocycles. The largest absolute Gasteiger partial charge is 0.310 e. The monoisotopic (exact) mass is 288 g/mol. The van der Waals surface area contributed by atoms with E-state index in [1.54, 1.807) is 0 Å². The van der Waals surface area contributed by atoms with Gasteiger partial charge in [0.1, 0.15) is 0 Å². The topological polar surface area (TPSA) is 15.3 Å². The molecule has 0 spiro atoms. The predicted octanol–water partition coefficient (Wildman–Crippen LogP) is 4.16. The first-order valence-electron chi connectivity index (χ1n) is 8.62. The van der Waals surface area contributed by atoms with Crippen LogP contribution in [0.15, 0.2) is 24.3 Å². The zero-order valence-electron chi connectivity index (χ0n) is 14.2. The Balaban J connectivity index is 1.94. The number of hydrogen-bond acceptors (Lipinski definition) is 2. The maximum absolute atomic E-state index is 3.74. The second-order valence-corrected chi connectivity index (χ2v) is 6.71. The zero-order valence-corrected chi connectivity index (χ0v) is 14.2. The summed E-state index contributed by atoms with van der Waals surface area (Å²) in [5, 5.41) is 3.74. The maximum Gasteiger partial charge on any atom is 0.0335 e. The number of rotatable bonds is 9. The van der Waals surface area contributed by atoms with Crippen molar-refractivity contribution in [3.8, 4) is 0 Å². The van der Waals surface area contributed by atoms with Crippen LogP contribution in [0, 0.1) is 12.8 Å². The molecule has 2 atom stereocenters. The van der Waals surface area contributed by atoms with Crippen LogP contribution < -0.4 is 5.32 Å². The van der Waals surface area contributed by atoms with Gasteiger partial charge in [0.25, 0.3) is 0 Å². The minimum atomic E-state index is 0.486. The van der Waals surface area contributed by atoms with Crippen molar-refractivity contribution in [2.45, 2.75) is 58.5 Å². The van der Waals surface area contributed by atoms with E-state index >= 15 is 0 Å². The highest BCUT2D eigenvalue weighted by molar-refractivity contribution is 5.28. The Morgan fingerprint density at radius 3 is 2.62 bits per heavy atom. The number of nitrogens with one attached hydrogen (secondary N) is 1. The quantitative estimate of drug-likeness (QED) is 0.734. The van der Waals surface area contributed by atoms with Gasteiger partial charge in [0, 0.05) is 12.1 Å². The molecule has 118 valence electrons. The number of aryl methyl sites for hydroxylation is 1. The molecule has 0 aromatic heterocycles. The van der Waals surface area contributed by atoms with Crippen molar-refractivity contribution in [3.05, 3.63) is 35.4 Å². The molecule has 0 saturated heterocycles. The Hall–Kier alpha value is -0.860. The maximum atomic E-state index is 3.74. The van der Waals surface area contributed by atoms with Crippen molar-refractivity contribution in [3.63, 3.8) is 0 Å². The lowest BCUT2D eigenvalue weighted by Gasteiger charge is -2.28. The van der Waals surface area contributed by atoms with Gasteiger partial charge in [0.15, 0.2) is 0 Å². The molecule has 1 aromatic carbocycles. The summed E-state index contributed by atoms with van der Waals surface area (Å²) in [7, 11) is 2.29. The van der Waals surface area contributed by atoms with Crippen LogP contribution in [-0.4, -0.2) is 31.1 Å². The molecule has 1 saturated carbocycles. The first-order chi connectivity index (χ1) is 10.1. The van der Waals surface area contributed by atoms with Crippen LogP contribution in [0.2, 0.25) is 0 Å². The van der Waals surface area contributed by atoms with Crippen LogP contribution in [0.4, 0.5) is 0 Å². The van der Waals surface area contributed by atoms with Gasteiger partial charge in [-0.3, -0.25) is 0 Å². The Morgan fingerprint density at radius 1 is 1.29 bits per heavy atom. The fraction of sp³-hybridized carbons (Fsp3) is 0.684. The van der Waals surface area contributed by atoms with Gasteiger partial charge in [-0.05, 0) is 76.7 Å². The fourth-order valence-corrected chi connectivity index (χ4v) is 3.14. The van der Waals surface area contributed by atoms with Gasteiger partial charge >= 0.3 is 0 Å². The Labute approximate surface area is 130 Å². The number of nitrogens with zero attached hydrogens (tertiary/aromatic N) is 1. The Bertz CT molecular complexity index is 425. The van der Waals surface area contributed by atoms with Crippen LogP contribution in [0.25, 0.3) is 0 Å². The molecule has 1 fully saturated rings. The third kappa shape index (κ3) is 4.82. The first kappa shape index (κ1) is 16.5. The summed E-state index contributed by atoms with van der Waals surface area (Å²) < 4.78 is 0. The van der Waals surface area contributed by atoms with Crippen LogP contribution in [0.5, 0.6) is 0 Å². The van der Waals surface area contributed by atoms with E-state index in [1.807, 2.05) is 0 Å². The highest BCUT2D eigenvalue weighted by atomic mass is 15.1. The summed E-state index contributed by atoms with van der Waals surface area (Å²) in [5.74, 6) is 0.954. The van der Waals surface area contributed by atoms with E-state index in [9.17, 15) is 0 Å². The summed E-state index contributed by atoms with van der Waals surface area (Å²) >= 11 is 0. The van der Waals surface area contributed by atoms with Gasteiger partial charge in [0.2, 0.25) is 0 Å². The van der Waals surface area contributed by atoms with Gasteiger partial charge < -0.3 is 10.2 Å². The molecule has 2 unspecified atom stereocenters. The molecule has 0 amide bonds. The standard InChI is InChI=1S/C19H32N2/c1-5-13-20-19(18-9-7-6-8-15(18)2)12-14-21(4)16(3)17-10-11-17/h6-9,16-17,19-20H,5,10-14H2,1-4H3. The van der Waals surface area contributed by atoms with Gasteiger partial charge in [-0.1, -0.05) is 31.2 Å². The summed E-state index contributed by atoms with van der Waals surface area (Å²) in [6.45, 7) is 9.13. The first-order valence-corrected chi connectivity index (χ1v) is 8.62. The number of benzene rings is 1. The van der Waals surface area contributed by atoms with Gasteiger partial charge in [-0.15, -0.1) is 0 Å². The van der Waals surface area contributed by atoms with Gasteiger partial charge in [-0.2, -0.15) is 0 Å². The SMILES string of the molecule is CCCNC(CCN(C)C(C)C1CC1)c1ccccc1C. The molecule has 0 radical (unpaired) electrons. The van der Waals surface area contributed by atoms with Crippen LogP contribution in [-0.2, 0) is 0 Å². The second-order valence-electron chi connectivity index (χ2n) is 6.71. The van der Waals surface area contributed by atoms with Crippen molar-refractivity contribution in [1.82, 2.24) is 10.2 Å². The smallest absolute Gasteiger partial charge is 0.0335 e. The number of hydrogen-bond donors (Lipinski definition) is 1. The van der Waals surface area contributed by atoms with Crippen molar-refractivity contribution in [2.75, 3.05) is 20.1 Å². The highest BCUT2D eigenvalue weighted by Gasteiger charge is 2.30. The average molecular weight is 288 g/mol. The summed E-state index contributed by atoms with van der Waals surface area (Å²) in [6, 6.07) is 10.0. The van der Waals surface area contributed by atoms with E-state index in [0.717, 1.165) is 18.5 Å². The van der Waals surface area contributed by atoms with E-state index in [4.69, 9.17) is 0 Å². The summed E-state index contributed by atoms with van der Waals surface area (Å²) in [5.41, 5.74) is 2.88. The lowest BCUT2D eigenvalue weighted by Crippen LogP contribution is -2.34. The molecule has 1 aliphatic rings. The molecular weight excluding hydrogens is 256 g/mol. The van der Waals surface area contributed by atoms with Crippen LogP contribution in [0.1, 0.15) is 56.7 Å². The third-order valence-electron chi connectivity index (χ3n) is 4.97. The molecule has 21 heavy (non-hydrogen) atoms. The van der Waals surface area contributed by atoms with Crippen molar-refractivity contribution >= 4 is 0 Å². The molecule has 1 N–H and O–H groups in total. The fourth-order valence-electron chi connectivity index (χ4n) is 3.14. The molecule has 1 aliphatic carbocycles. The predicted molar refractivity (Wildman–Crippen MR) is 91.6 cm³/mol. The normalized spacial score (nSPS) is 18.0. The minimum absolute atomic E-state index is 0.486. The molecule has 2 heteroatoms. The Morgan fingerprint density at radius 2 is 2.00 bits per heavy atom. The lowest BCUT2D eigenvalue weighted by atomic mass is 9.98. The molecule has 0 bridgehead atoms. The van der Waals surface area contributed by atoms with Crippen molar-refractivity contribution in [2.24, 2.45) is 5.92 Å². The van der Waals surface area contributed by atoms with Crippen LogP contribution >= 0.6 is 0 Å². The zero-order chi connectivity index (χ0) is 15.2.